The number of fused-ring (bicyclic) bond motifs is 5. The first-order chi connectivity index (χ1) is 14.3. The van der Waals surface area contributed by atoms with Crippen molar-refractivity contribution in [2.24, 2.45) is 34.5 Å². The minimum atomic E-state index is -0.329. The molecule has 164 valence electrons. The van der Waals surface area contributed by atoms with E-state index in [4.69, 9.17) is 4.74 Å². The molecule has 0 radical (unpaired) electrons. The molecule has 2 N–H and O–H groups in total. The van der Waals surface area contributed by atoms with Gasteiger partial charge in [0, 0.05) is 5.41 Å². The Kier molecular flexibility index (Phi) is 5.06. The van der Waals surface area contributed by atoms with E-state index in [0.717, 1.165) is 48.8 Å². The van der Waals surface area contributed by atoms with Crippen LogP contribution in [0.2, 0.25) is 0 Å². The van der Waals surface area contributed by atoms with Gasteiger partial charge in [-0.15, -0.1) is 0 Å². The highest BCUT2D eigenvalue weighted by Gasteiger charge is 2.61. The lowest BCUT2D eigenvalue weighted by Crippen LogP contribution is -2.54. The van der Waals surface area contributed by atoms with Gasteiger partial charge in [-0.3, -0.25) is 0 Å². The molecule has 30 heavy (non-hydrogen) atoms. The van der Waals surface area contributed by atoms with Gasteiger partial charge < -0.3 is 14.9 Å². The highest BCUT2D eigenvalue weighted by Crippen LogP contribution is 2.67. The zero-order valence-electron chi connectivity index (χ0n) is 18.8. The molecule has 8 atom stereocenters. The van der Waals surface area contributed by atoms with Crippen LogP contribution in [0.3, 0.4) is 0 Å². The van der Waals surface area contributed by atoms with Gasteiger partial charge in [-0.25, -0.2) is 0 Å². The number of ether oxygens (including phenoxy) is 1. The molecule has 1 aromatic rings. The minimum absolute atomic E-state index is 0.0108. The summed E-state index contributed by atoms with van der Waals surface area (Å²) in [6.45, 7) is 4.88. The Morgan fingerprint density at radius 1 is 0.933 bits per heavy atom. The normalized spacial score (nSPS) is 46.8. The molecule has 4 aliphatic carbocycles. The van der Waals surface area contributed by atoms with Gasteiger partial charge >= 0.3 is 0 Å². The molecule has 1 aromatic carbocycles. The van der Waals surface area contributed by atoms with Gasteiger partial charge in [0.25, 0.3) is 0 Å². The van der Waals surface area contributed by atoms with Crippen LogP contribution in [0.5, 0.6) is 5.75 Å². The molecule has 3 heteroatoms. The number of benzene rings is 1. The average Bonchev–Trinajstić information content (AvgIpc) is 3.00. The van der Waals surface area contributed by atoms with Crippen molar-refractivity contribution in [2.75, 3.05) is 7.11 Å². The molecular weight excluding hydrogens is 372 g/mol. The van der Waals surface area contributed by atoms with Crippen LogP contribution in [0.25, 0.3) is 6.08 Å². The van der Waals surface area contributed by atoms with Crippen molar-refractivity contribution >= 4 is 6.08 Å². The molecular formula is C27H38O3. The molecule has 4 fully saturated rings. The maximum atomic E-state index is 11.4. The Bertz CT molecular complexity index is 814. The summed E-state index contributed by atoms with van der Waals surface area (Å²) in [7, 11) is 1.69. The maximum Gasteiger partial charge on any atom is 0.118 e. The van der Waals surface area contributed by atoms with Crippen molar-refractivity contribution in [1.29, 1.82) is 0 Å². The van der Waals surface area contributed by atoms with E-state index in [1.807, 2.05) is 12.1 Å². The van der Waals surface area contributed by atoms with Gasteiger partial charge in [0.15, 0.2) is 0 Å². The highest BCUT2D eigenvalue weighted by molar-refractivity contribution is 5.56. The Balaban J connectivity index is 1.41. The molecule has 4 saturated carbocycles. The minimum Gasteiger partial charge on any atom is -0.497 e. The fourth-order valence-electron chi connectivity index (χ4n) is 8.15. The van der Waals surface area contributed by atoms with Crippen molar-refractivity contribution in [2.45, 2.75) is 77.4 Å². The topological polar surface area (TPSA) is 49.7 Å². The molecule has 4 aliphatic rings. The van der Waals surface area contributed by atoms with Crippen LogP contribution in [0.1, 0.15) is 70.8 Å². The summed E-state index contributed by atoms with van der Waals surface area (Å²) in [5.41, 5.74) is 2.77. The summed E-state index contributed by atoms with van der Waals surface area (Å²) in [4.78, 5) is 0. The van der Waals surface area contributed by atoms with Gasteiger partial charge in [-0.2, -0.15) is 0 Å². The lowest BCUT2D eigenvalue weighted by Gasteiger charge is -2.60. The van der Waals surface area contributed by atoms with Gasteiger partial charge in [-0.05, 0) is 104 Å². The lowest BCUT2D eigenvalue weighted by atomic mass is 9.45. The number of hydrogen-bond donors (Lipinski definition) is 2. The van der Waals surface area contributed by atoms with E-state index in [9.17, 15) is 10.2 Å². The van der Waals surface area contributed by atoms with Gasteiger partial charge in [0.1, 0.15) is 5.75 Å². The molecule has 0 spiro atoms. The second-order valence-corrected chi connectivity index (χ2v) is 11.2. The van der Waals surface area contributed by atoms with Crippen molar-refractivity contribution in [1.82, 2.24) is 0 Å². The van der Waals surface area contributed by atoms with Crippen LogP contribution < -0.4 is 4.74 Å². The molecule has 0 saturated heterocycles. The molecule has 0 bridgehead atoms. The molecule has 5 rings (SSSR count). The van der Waals surface area contributed by atoms with Crippen LogP contribution in [0, 0.1) is 34.5 Å². The SMILES string of the molecule is COc1ccc(/C=C2/C[C@@H]3[C@H]4CC[C@H]5C[C@@H](O)CC[C@]5(C)[C@@H]4CC[C@]3(C)[C@@H]2O)cc1. The van der Waals surface area contributed by atoms with E-state index >= 15 is 0 Å². The molecule has 0 amide bonds. The van der Waals surface area contributed by atoms with Crippen molar-refractivity contribution in [3.05, 3.63) is 35.4 Å². The highest BCUT2D eigenvalue weighted by atomic mass is 16.5. The number of aliphatic hydroxyl groups is 2. The van der Waals surface area contributed by atoms with Crippen LogP contribution in [0.4, 0.5) is 0 Å². The molecule has 0 aromatic heterocycles. The van der Waals surface area contributed by atoms with Gasteiger partial charge in [0.2, 0.25) is 0 Å². The van der Waals surface area contributed by atoms with Crippen LogP contribution in [-0.4, -0.2) is 29.5 Å². The summed E-state index contributed by atoms with van der Waals surface area (Å²) >= 11 is 0. The van der Waals surface area contributed by atoms with Crippen LogP contribution in [-0.2, 0) is 0 Å². The van der Waals surface area contributed by atoms with E-state index in [1.165, 1.54) is 31.3 Å². The average molecular weight is 411 g/mol. The van der Waals surface area contributed by atoms with E-state index in [2.05, 4.69) is 32.1 Å². The summed E-state index contributed by atoms with van der Waals surface area (Å²) in [5, 5.41) is 21.6. The first-order valence-electron chi connectivity index (χ1n) is 12.1. The first kappa shape index (κ1) is 20.6. The monoisotopic (exact) mass is 410 g/mol. The smallest absolute Gasteiger partial charge is 0.118 e. The van der Waals surface area contributed by atoms with E-state index in [1.54, 1.807) is 7.11 Å². The van der Waals surface area contributed by atoms with Crippen molar-refractivity contribution in [3.8, 4) is 5.75 Å². The second-order valence-electron chi connectivity index (χ2n) is 11.2. The lowest BCUT2D eigenvalue weighted by molar-refractivity contribution is -0.133. The van der Waals surface area contributed by atoms with Gasteiger partial charge in [-0.1, -0.05) is 32.1 Å². The van der Waals surface area contributed by atoms with Gasteiger partial charge in [0.05, 0.1) is 19.3 Å². The molecule has 0 aliphatic heterocycles. The number of methoxy groups -OCH3 is 1. The fourth-order valence-corrected chi connectivity index (χ4v) is 8.15. The number of hydrogen-bond acceptors (Lipinski definition) is 3. The quantitative estimate of drug-likeness (QED) is 0.681. The van der Waals surface area contributed by atoms with E-state index < -0.39 is 0 Å². The van der Waals surface area contributed by atoms with E-state index in [0.29, 0.717) is 17.3 Å². The Hall–Kier alpha value is -1.32. The zero-order valence-corrected chi connectivity index (χ0v) is 18.8. The maximum absolute atomic E-state index is 11.4. The third kappa shape index (κ3) is 3.07. The molecule has 0 heterocycles. The van der Waals surface area contributed by atoms with E-state index in [-0.39, 0.29) is 17.6 Å². The largest absolute Gasteiger partial charge is 0.497 e. The summed E-state index contributed by atoms with van der Waals surface area (Å²) in [5.74, 6) is 3.62. The number of aliphatic hydroxyl groups excluding tert-OH is 2. The zero-order chi connectivity index (χ0) is 21.1. The predicted molar refractivity (Wildman–Crippen MR) is 120 cm³/mol. The standard InChI is InChI=1S/C27H38O3/c1-26-12-10-20(28)16-19(26)6-9-22-23(26)11-13-27(2)24(22)15-18(25(27)29)14-17-4-7-21(30-3)8-5-17/h4-5,7-8,14,19-20,22-25,28-29H,6,9-13,15-16H2,1-3H3/b18-14-/t19-,20-,22-,23+,24+,25+,26-,27-/m0/s1. The van der Waals surface area contributed by atoms with Crippen molar-refractivity contribution in [3.63, 3.8) is 0 Å². The van der Waals surface area contributed by atoms with Crippen LogP contribution >= 0.6 is 0 Å². The second kappa shape index (κ2) is 7.38. The molecule has 3 nitrogen and oxygen atoms in total. The first-order valence-corrected chi connectivity index (χ1v) is 12.1. The predicted octanol–water partition coefficient (Wildman–Crippen LogP) is 5.45. The Labute approximate surface area is 181 Å². The third-order valence-electron chi connectivity index (χ3n) is 9.98. The summed E-state index contributed by atoms with van der Waals surface area (Å²) in [6.07, 6.45) is 10.9. The van der Waals surface area contributed by atoms with Crippen LogP contribution in [0.15, 0.2) is 29.8 Å². The Morgan fingerprint density at radius 2 is 1.67 bits per heavy atom. The Morgan fingerprint density at radius 3 is 2.40 bits per heavy atom. The number of rotatable bonds is 2. The molecule has 0 unspecified atom stereocenters. The van der Waals surface area contributed by atoms with Crippen molar-refractivity contribution < 1.29 is 14.9 Å². The summed E-state index contributed by atoms with van der Waals surface area (Å²) < 4.78 is 5.29. The fraction of sp³-hybridized carbons (Fsp3) is 0.704. The third-order valence-corrected chi connectivity index (χ3v) is 9.98. The summed E-state index contributed by atoms with van der Waals surface area (Å²) in [6, 6.07) is 8.17.